The summed E-state index contributed by atoms with van der Waals surface area (Å²) >= 11 is 6.07. The molecule has 1 rings (SSSR count). The molecule has 1 amide bonds. The smallest absolute Gasteiger partial charge is 0.253 e. The Bertz CT molecular complexity index is 463. The van der Waals surface area contributed by atoms with Gasteiger partial charge in [0.2, 0.25) is 0 Å². The molecule has 0 spiro atoms. The highest BCUT2D eigenvalue weighted by molar-refractivity contribution is 6.34. The molecule has 0 aliphatic rings. The largest absolute Gasteiger partial charge is 0.394 e. The molecule has 1 aromatic rings. The minimum Gasteiger partial charge on any atom is -0.394 e. The monoisotopic (exact) mass is 298 g/mol. The third-order valence-corrected chi connectivity index (χ3v) is 3.59. The molecule has 0 aliphatic carbocycles. The maximum Gasteiger partial charge on any atom is 0.253 e. The zero-order chi connectivity index (χ0) is 15.3. The van der Waals surface area contributed by atoms with Crippen molar-refractivity contribution in [3.05, 3.63) is 28.8 Å². The van der Waals surface area contributed by atoms with E-state index < -0.39 is 0 Å². The van der Waals surface area contributed by atoms with Crippen molar-refractivity contribution in [2.75, 3.05) is 11.9 Å². The van der Waals surface area contributed by atoms with Gasteiger partial charge < -0.3 is 15.7 Å². The van der Waals surface area contributed by atoms with E-state index in [1.807, 2.05) is 6.07 Å². The van der Waals surface area contributed by atoms with E-state index in [9.17, 15) is 4.79 Å². The predicted molar refractivity (Wildman–Crippen MR) is 83.4 cm³/mol. The fourth-order valence-electron chi connectivity index (χ4n) is 1.57. The maximum absolute atomic E-state index is 12.1. The van der Waals surface area contributed by atoms with Gasteiger partial charge in [-0.1, -0.05) is 25.4 Å². The van der Waals surface area contributed by atoms with Crippen LogP contribution in [0.3, 0.4) is 0 Å². The van der Waals surface area contributed by atoms with Gasteiger partial charge in [0.25, 0.3) is 5.91 Å². The highest BCUT2D eigenvalue weighted by atomic mass is 35.5. The molecule has 0 saturated carbocycles. The fourth-order valence-corrected chi connectivity index (χ4v) is 1.77. The molecule has 0 unspecified atom stereocenters. The highest BCUT2D eigenvalue weighted by Crippen LogP contribution is 2.22. The van der Waals surface area contributed by atoms with E-state index in [0.717, 1.165) is 5.69 Å². The van der Waals surface area contributed by atoms with Crippen molar-refractivity contribution in [3.63, 3.8) is 0 Å². The van der Waals surface area contributed by atoms with Crippen LogP contribution in [0.4, 0.5) is 5.69 Å². The van der Waals surface area contributed by atoms with Crippen LogP contribution in [0, 0.1) is 5.92 Å². The Kier molecular flexibility index (Phi) is 6.30. The van der Waals surface area contributed by atoms with E-state index in [4.69, 9.17) is 16.7 Å². The first-order valence-corrected chi connectivity index (χ1v) is 7.20. The number of hydrogen-bond acceptors (Lipinski definition) is 3. The van der Waals surface area contributed by atoms with Gasteiger partial charge in [-0.25, -0.2) is 0 Å². The Hall–Kier alpha value is -1.26. The molecule has 112 valence electrons. The maximum atomic E-state index is 12.1. The number of amides is 1. The van der Waals surface area contributed by atoms with Gasteiger partial charge in [-0.2, -0.15) is 0 Å². The first-order valence-electron chi connectivity index (χ1n) is 6.83. The van der Waals surface area contributed by atoms with E-state index in [1.54, 1.807) is 19.1 Å². The van der Waals surface area contributed by atoms with Gasteiger partial charge in [-0.05, 0) is 38.0 Å². The van der Waals surface area contributed by atoms with Crippen LogP contribution in [-0.2, 0) is 0 Å². The second kappa shape index (κ2) is 7.50. The lowest BCUT2D eigenvalue weighted by atomic mass is 10.1. The zero-order valence-corrected chi connectivity index (χ0v) is 13.2. The first kappa shape index (κ1) is 16.8. The molecule has 4 nitrogen and oxygen atoms in total. The number of benzene rings is 1. The SMILES string of the molecule is CC(C)[C@@H](C)Nc1ccc(Cl)c(C(=O)N[C@@H](C)CO)c1. The lowest BCUT2D eigenvalue weighted by Crippen LogP contribution is -2.35. The number of carbonyl (C=O) groups excluding carboxylic acids is 1. The van der Waals surface area contributed by atoms with Crippen molar-refractivity contribution < 1.29 is 9.90 Å². The Morgan fingerprint density at radius 1 is 1.30 bits per heavy atom. The van der Waals surface area contributed by atoms with Crippen LogP contribution in [0.5, 0.6) is 0 Å². The van der Waals surface area contributed by atoms with Crippen LogP contribution in [0.15, 0.2) is 18.2 Å². The van der Waals surface area contributed by atoms with Crippen molar-refractivity contribution >= 4 is 23.2 Å². The summed E-state index contributed by atoms with van der Waals surface area (Å²) in [7, 11) is 0. The summed E-state index contributed by atoms with van der Waals surface area (Å²) in [4.78, 5) is 12.1. The summed E-state index contributed by atoms with van der Waals surface area (Å²) < 4.78 is 0. The lowest BCUT2D eigenvalue weighted by molar-refractivity contribution is 0.0922. The van der Waals surface area contributed by atoms with E-state index >= 15 is 0 Å². The molecular weight excluding hydrogens is 276 g/mol. The molecule has 1 aromatic carbocycles. The topological polar surface area (TPSA) is 61.4 Å². The van der Waals surface area contributed by atoms with E-state index in [0.29, 0.717) is 22.5 Å². The number of aliphatic hydroxyl groups excluding tert-OH is 1. The molecule has 5 heteroatoms. The van der Waals surface area contributed by atoms with E-state index in [1.165, 1.54) is 0 Å². The molecule has 0 fully saturated rings. The van der Waals surface area contributed by atoms with Gasteiger partial charge in [0, 0.05) is 17.8 Å². The summed E-state index contributed by atoms with van der Waals surface area (Å²) in [5.41, 5.74) is 1.27. The van der Waals surface area contributed by atoms with Crippen LogP contribution in [-0.4, -0.2) is 29.7 Å². The van der Waals surface area contributed by atoms with Crippen LogP contribution in [0.2, 0.25) is 5.02 Å². The molecule has 0 radical (unpaired) electrons. The minimum absolute atomic E-state index is 0.105. The van der Waals surface area contributed by atoms with Gasteiger partial charge in [0.05, 0.1) is 17.2 Å². The summed E-state index contributed by atoms with van der Waals surface area (Å²) in [6.07, 6.45) is 0. The summed E-state index contributed by atoms with van der Waals surface area (Å²) in [6.45, 7) is 7.97. The van der Waals surface area contributed by atoms with Gasteiger partial charge >= 0.3 is 0 Å². The first-order chi connectivity index (χ1) is 9.35. The third-order valence-electron chi connectivity index (χ3n) is 3.26. The fraction of sp³-hybridized carbons (Fsp3) is 0.533. The molecular formula is C15H23ClN2O2. The van der Waals surface area contributed by atoms with Crippen molar-refractivity contribution in [2.45, 2.75) is 39.8 Å². The van der Waals surface area contributed by atoms with Gasteiger partial charge in [-0.3, -0.25) is 4.79 Å². The Morgan fingerprint density at radius 2 is 1.95 bits per heavy atom. The third kappa shape index (κ3) is 4.69. The Morgan fingerprint density at radius 3 is 2.50 bits per heavy atom. The number of halogens is 1. The lowest BCUT2D eigenvalue weighted by Gasteiger charge is -2.20. The second-order valence-corrected chi connectivity index (χ2v) is 5.84. The molecule has 20 heavy (non-hydrogen) atoms. The van der Waals surface area contributed by atoms with E-state index in [2.05, 4.69) is 31.4 Å². The van der Waals surface area contributed by atoms with Crippen molar-refractivity contribution in [1.82, 2.24) is 5.32 Å². The number of anilines is 1. The van der Waals surface area contributed by atoms with Crippen LogP contribution in [0.1, 0.15) is 38.1 Å². The number of rotatable bonds is 6. The quantitative estimate of drug-likeness (QED) is 0.757. The van der Waals surface area contributed by atoms with Gasteiger partial charge in [0.1, 0.15) is 0 Å². The molecule has 3 N–H and O–H groups in total. The average molecular weight is 299 g/mol. The standard InChI is InChI=1S/C15H23ClN2O2/c1-9(2)11(4)18-12-5-6-14(16)13(7-12)15(20)17-10(3)8-19/h5-7,9-11,18-19H,8H2,1-4H3,(H,17,20)/t10-,11+/m0/s1. The summed E-state index contributed by atoms with van der Waals surface area (Å²) in [6, 6.07) is 5.29. The summed E-state index contributed by atoms with van der Waals surface area (Å²) in [5, 5.41) is 15.4. The molecule has 0 bridgehead atoms. The van der Waals surface area contributed by atoms with Gasteiger partial charge in [-0.15, -0.1) is 0 Å². The number of nitrogens with one attached hydrogen (secondary N) is 2. The van der Waals surface area contributed by atoms with Gasteiger partial charge in [0.15, 0.2) is 0 Å². The zero-order valence-electron chi connectivity index (χ0n) is 12.4. The van der Waals surface area contributed by atoms with Crippen LogP contribution >= 0.6 is 11.6 Å². The second-order valence-electron chi connectivity index (χ2n) is 5.43. The molecule has 0 heterocycles. The predicted octanol–water partition coefficient (Wildman–Crippen LogP) is 2.91. The average Bonchev–Trinajstić information content (AvgIpc) is 2.40. The van der Waals surface area contributed by atoms with Crippen LogP contribution < -0.4 is 10.6 Å². The molecule has 0 aliphatic heterocycles. The highest BCUT2D eigenvalue weighted by Gasteiger charge is 2.14. The number of aliphatic hydroxyl groups is 1. The molecule has 0 saturated heterocycles. The number of hydrogen-bond donors (Lipinski definition) is 3. The Labute approximate surface area is 125 Å². The molecule has 2 atom stereocenters. The molecule has 0 aromatic heterocycles. The number of carbonyl (C=O) groups is 1. The Balaban J connectivity index is 2.88. The summed E-state index contributed by atoms with van der Waals surface area (Å²) in [5.74, 6) is 0.203. The van der Waals surface area contributed by atoms with E-state index in [-0.39, 0.29) is 18.6 Å². The van der Waals surface area contributed by atoms with Crippen LogP contribution in [0.25, 0.3) is 0 Å². The minimum atomic E-state index is -0.301. The normalized spacial score (nSPS) is 13.9. The van der Waals surface area contributed by atoms with Crippen molar-refractivity contribution in [2.24, 2.45) is 5.92 Å². The van der Waals surface area contributed by atoms with Crippen molar-refractivity contribution in [3.8, 4) is 0 Å². The van der Waals surface area contributed by atoms with Crippen molar-refractivity contribution in [1.29, 1.82) is 0 Å².